The highest BCUT2D eigenvalue weighted by Crippen LogP contribution is 2.38. The van der Waals surface area contributed by atoms with Crippen molar-refractivity contribution in [2.75, 3.05) is 6.26 Å². The monoisotopic (exact) mass is 542 g/mol. The molecule has 1 aliphatic rings. The molecule has 0 spiro atoms. The fourth-order valence-electron chi connectivity index (χ4n) is 3.99. The van der Waals surface area contributed by atoms with Crippen molar-refractivity contribution in [1.82, 2.24) is 0 Å². The third-order valence-electron chi connectivity index (χ3n) is 5.79. The number of halogens is 4. The van der Waals surface area contributed by atoms with E-state index in [-0.39, 0.29) is 23.3 Å². The Hall–Kier alpha value is -1.60. The number of carbonyl (C=O) groups is 3. The van der Waals surface area contributed by atoms with Gasteiger partial charge in [-0.1, -0.05) is 31.4 Å². The molecule has 0 bridgehead atoms. The van der Waals surface area contributed by atoms with E-state index in [9.17, 15) is 36.0 Å². The molecule has 3 unspecified atom stereocenters. The molecule has 0 N–H and O–H groups in total. The van der Waals surface area contributed by atoms with Gasteiger partial charge in [0.15, 0.2) is 21.4 Å². The van der Waals surface area contributed by atoms with Gasteiger partial charge in [0.25, 0.3) is 12.8 Å². The highest BCUT2D eigenvalue weighted by molar-refractivity contribution is 7.90. The summed E-state index contributed by atoms with van der Waals surface area (Å²) in [5, 5.41) is -0.552. The van der Waals surface area contributed by atoms with Gasteiger partial charge in [0, 0.05) is 29.7 Å². The van der Waals surface area contributed by atoms with Crippen LogP contribution in [0.5, 0.6) is 0 Å². The number of unbranched alkanes of at least 4 members (excludes halogenated alkanes) is 1. The summed E-state index contributed by atoms with van der Waals surface area (Å²) in [5.74, 6) is -3.06. The van der Waals surface area contributed by atoms with Crippen LogP contribution in [-0.2, 0) is 35.2 Å². The van der Waals surface area contributed by atoms with Gasteiger partial charge < -0.3 is 9.16 Å². The lowest BCUT2D eigenvalue weighted by Crippen LogP contribution is -2.60. The summed E-state index contributed by atoms with van der Waals surface area (Å²) in [6.07, 6.45) is -3.53. The third kappa shape index (κ3) is 5.62. The Morgan fingerprint density at radius 1 is 1.29 bits per heavy atom. The maximum absolute atomic E-state index is 13.6. The van der Waals surface area contributed by atoms with Crippen LogP contribution < -0.4 is 0 Å². The molecule has 34 heavy (non-hydrogen) atoms. The van der Waals surface area contributed by atoms with Crippen molar-refractivity contribution in [3.63, 3.8) is 0 Å². The molecular formula is C21H26ClF3O7SSi. The van der Waals surface area contributed by atoms with Gasteiger partial charge in [-0.3, -0.25) is 14.4 Å². The first-order valence-corrected chi connectivity index (χ1v) is 13.6. The van der Waals surface area contributed by atoms with Crippen molar-refractivity contribution in [1.29, 1.82) is 0 Å². The van der Waals surface area contributed by atoms with Crippen LogP contribution in [0.15, 0.2) is 17.0 Å². The highest BCUT2D eigenvalue weighted by atomic mass is 35.5. The number of rotatable bonds is 11. The standard InChI is InChI=1S/C21H26ClF3O7SSi/c1-3-4-5-11-6-9-15(26)21(32-34,17(11)27)18(28)12-7-8-14(33(2,29)30)13(16(12)22)10-31-20(25)19(23)24/h7-8,11,19-20H,3-6,9-10H2,1-2,34H3. The van der Waals surface area contributed by atoms with Crippen LogP contribution >= 0.6 is 11.6 Å². The summed E-state index contributed by atoms with van der Waals surface area (Å²) >= 11 is 6.29. The Kier molecular flexibility index (Phi) is 9.62. The molecule has 1 aromatic carbocycles. The van der Waals surface area contributed by atoms with E-state index in [4.69, 9.17) is 16.0 Å². The Balaban J connectivity index is 2.60. The molecule has 0 amide bonds. The number of carbonyl (C=O) groups excluding carboxylic acids is 3. The Morgan fingerprint density at radius 2 is 1.94 bits per heavy atom. The Labute approximate surface area is 203 Å². The van der Waals surface area contributed by atoms with Crippen LogP contribution in [0, 0.1) is 5.92 Å². The van der Waals surface area contributed by atoms with E-state index in [1.165, 1.54) is 0 Å². The second-order valence-corrected chi connectivity index (χ2v) is 10.8. The number of hydrogen-bond acceptors (Lipinski definition) is 7. The van der Waals surface area contributed by atoms with Gasteiger partial charge in [-0.15, -0.1) is 0 Å². The first-order chi connectivity index (χ1) is 15.8. The zero-order chi connectivity index (χ0) is 25.8. The average molecular weight is 543 g/mol. The van der Waals surface area contributed by atoms with E-state index in [1.807, 2.05) is 6.92 Å². The van der Waals surface area contributed by atoms with Gasteiger partial charge in [0.2, 0.25) is 11.4 Å². The second-order valence-electron chi connectivity index (χ2n) is 8.05. The smallest absolute Gasteiger partial charge is 0.293 e. The lowest BCUT2D eigenvalue weighted by Gasteiger charge is -2.36. The van der Waals surface area contributed by atoms with Crippen LogP contribution in [0.1, 0.15) is 54.9 Å². The Bertz CT molecular complexity index is 1070. The normalized spacial score (nSPS) is 22.4. The molecule has 1 fully saturated rings. The summed E-state index contributed by atoms with van der Waals surface area (Å²) in [6.45, 7) is 0.937. The van der Waals surface area contributed by atoms with E-state index >= 15 is 0 Å². The topological polar surface area (TPSA) is 104 Å². The predicted molar refractivity (Wildman–Crippen MR) is 121 cm³/mol. The van der Waals surface area contributed by atoms with Gasteiger partial charge in [-0.25, -0.2) is 21.6 Å². The summed E-state index contributed by atoms with van der Waals surface area (Å²) in [4.78, 5) is 39.2. The van der Waals surface area contributed by atoms with Gasteiger partial charge in [-0.05, 0) is 25.0 Å². The van der Waals surface area contributed by atoms with Gasteiger partial charge in [0.1, 0.15) is 10.5 Å². The van der Waals surface area contributed by atoms with E-state index in [0.717, 1.165) is 24.8 Å². The number of ketones is 3. The van der Waals surface area contributed by atoms with Crippen LogP contribution in [0.25, 0.3) is 0 Å². The van der Waals surface area contributed by atoms with E-state index < -0.39 is 79.1 Å². The van der Waals surface area contributed by atoms with Crippen molar-refractivity contribution in [2.24, 2.45) is 5.92 Å². The minimum Gasteiger partial charge on any atom is -0.404 e. The summed E-state index contributed by atoms with van der Waals surface area (Å²) in [6, 6.07) is 1.99. The van der Waals surface area contributed by atoms with Gasteiger partial charge >= 0.3 is 0 Å². The summed E-state index contributed by atoms with van der Waals surface area (Å²) in [7, 11) is -4.15. The minimum atomic E-state index is -4.00. The van der Waals surface area contributed by atoms with Crippen molar-refractivity contribution < 1.29 is 45.1 Å². The molecule has 0 aliphatic heterocycles. The lowest BCUT2D eigenvalue weighted by molar-refractivity contribution is -0.149. The highest BCUT2D eigenvalue weighted by Gasteiger charge is 2.57. The lowest BCUT2D eigenvalue weighted by atomic mass is 9.71. The molecule has 13 heteroatoms. The maximum atomic E-state index is 13.6. The van der Waals surface area contributed by atoms with Crippen molar-refractivity contribution in [3.8, 4) is 0 Å². The molecule has 0 heterocycles. The molecule has 1 saturated carbocycles. The minimum absolute atomic E-state index is 0.0684. The second kappa shape index (κ2) is 11.4. The SMILES string of the molecule is CCCCC1CCC(=O)C(O[SiH3])(C(=O)c2ccc(S(C)(=O)=O)c(COC(F)C(F)F)c2Cl)C1=O. The summed E-state index contributed by atoms with van der Waals surface area (Å²) < 4.78 is 72.5. The van der Waals surface area contributed by atoms with Crippen molar-refractivity contribution in [2.45, 2.75) is 68.9 Å². The van der Waals surface area contributed by atoms with E-state index in [2.05, 4.69) is 4.74 Å². The van der Waals surface area contributed by atoms with Crippen LogP contribution in [0.4, 0.5) is 13.2 Å². The fraction of sp³-hybridized carbons (Fsp3) is 0.571. The number of ether oxygens (including phenoxy) is 1. The first-order valence-electron chi connectivity index (χ1n) is 10.6. The molecule has 0 radical (unpaired) electrons. The molecule has 190 valence electrons. The molecule has 0 aromatic heterocycles. The number of alkyl halides is 3. The molecule has 1 aromatic rings. The molecule has 1 aliphatic carbocycles. The zero-order valence-electron chi connectivity index (χ0n) is 18.9. The van der Waals surface area contributed by atoms with Crippen LogP contribution in [0.2, 0.25) is 5.02 Å². The molecule has 7 nitrogen and oxygen atoms in total. The van der Waals surface area contributed by atoms with Gasteiger partial charge in [0.05, 0.1) is 16.5 Å². The first kappa shape index (κ1) is 28.6. The molecule has 3 atom stereocenters. The summed E-state index contributed by atoms with van der Waals surface area (Å²) in [5.41, 5.74) is -3.28. The number of Topliss-reactive ketones (excluding diaryl/α,β-unsaturated/α-hetero) is 3. The van der Waals surface area contributed by atoms with E-state index in [1.54, 1.807) is 0 Å². The Morgan fingerprint density at radius 3 is 2.47 bits per heavy atom. The fourth-order valence-corrected chi connectivity index (χ4v) is 5.89. The average Bonchev–Trinajstić information content (AvgIpc) is 2.77. The third-order valence-corrected chi connectivity index (χ3v) is 8.02. The number of sulfone groups is 1. The largest absolute Gasteiger partial charge is 0.404 e. The maximum Gasteiger partial charge on any atom is 0.293 e. The van der Waals surface area contributed by atoms with Crippen molar-refractivity contribution >= 4 is 49.3 Å². The molecular weight excluding hydrogens is 517 g/mol. The van der Waals surface area contributed by atoms with Crippen LogP contribution in [-0.4, -0.2) is 60.9 Å². The van der Waals surface area contributed by atoms with Gasteiger partial charge in [-0.2, -0.15) is 0 Å². The van der Waals surface area contributed by atoms with Crippen LogP contribution in [0.3, 0.4) is 0 Å². The zero-order valence-corrected chi connectivity index (χ0v) is 22.5. The molecule has 0 saturated heterocycles. The number of hydrogen-bond donors (Lipinski definition) is 0. The van der Waals surface area contributed by atoms with E-state index in [0.29, 0.717) is 12.8 Å². The quantitative estimate of drug-likeness (QED) is 0.240. The molecule has 2 rings (SSSR count). The predicted octanol–water partition coefficient (Wildman–Crippen LogP) is 2.78. The number of benzene rings is 1. The van der Waals surface area contributed by atoms with Crippen molar-refractivity contribution in [3.05, 3.63) is 28.3 Å².